The molecule has 0 spiro atoms. The Morgan fingerprint density at radius 1 is 1.06 bits per heavy atom. The summed E-state index contributed by atoms with van der Waals surface area (Å²) in [6, 6.07) is 19.7. The van der Waals surface area contributed by atoms with Gasteiger partial charge in [-0.3, -0.25) is 4.98 Å². The summed E-state index contributed by atoms with van der Waals surface area (Å²) in [7, 11) is 0. The summed E-state index contributed by atoms with van der Waals surface area (Å²) >= 11 is 0. The molecule has 6 nitrogen and oxygen atoms in total. The molecule has 2 aromatic carbocycles. The zero-order chi connectivity index (χ0) is 22.0. The first-order valence-corrected chi connectivity index (χ1v) is 11.6. The molecule has 3 aromatic rings. The first-order valence-electron chi connectivity index (χ1n) is 11.6. The van der Waals surface area contributed by atoms with Gasteiger partial charge in [-0.1, -0.05) is 36.4 Å². The average Bonchev–Trinajstić information content (AvgIpc) is 3.22. The summed E-state index contributed by atoms with van der Waals surface area (Å²) in [5.41, 5.74) is 1.24. The molecule has 4 atom stereocenters. The van der Waals surface area contributed by atoms with Crippen LogP contribution in [0, 0.1) is 0 Å². The lowest BCUT2D eigenvalue weighted by molar-refractivity contribution is -0.0233. The molecule has 1 aromatic heterocycles. The van der Waals surface area contributed by atoms with Crippen molar-refractivity contribution in [1.82, 2.24) is 10.3 Å². The number of nitrogens with zero attached hydrogens (tertiary/aromatic N) is 2. The van der Waals surface area contributed by atoms with E-state index in [1.165, 1.54) is 0 Å². The molecule has 1 saturated carbocycles. The number of hydrogen-bond donors (Lipinski definition) is 3. The standard InChI is InChI=1S/C26H31N3O3/c30-25-22(11-6-12-24(25)32-19-7-2-1-3-8-19)28-17-26(31)14-16-29(18-26)23-13-15-27-21-10-5-4-9-20(21)23/h1-5,7-10,13,15,22,24-25,28,30-31H,6,11-12,14,16-18H2/t22-,24+,25+,26-/m0/s1. The molecule has 168 valence electrons. The third-order valence-corrected chi connectivity index (χ3v) is 6.82. The highest BCUT2D eigenvalue weighted by Crippen LogP contribution is 2.32. The minimum Gasteiger partial charge on any atom is -0.488 e. The number of nitrogens with one attached hydrogen (secondary N) is 1. The second-order valence-electron chi connectivity index (χ2n) is 9.12. The van der Waals surface area contributed by atoms with Crippen molar-refractivity contribution >= 4 is 16.6 Å². The molecule has 0 unspecified atom stereocenters. The molecule has 1 saturated heterocycles. The number of aromatic nitrogens is 1. The van der Waals surface area contributed by atoms with Gasteiger partial charge in [0.05, 0.1) is 11.1 Å². The SMILES string of the molecule is O[C@@H]1[C@@H](NC[C@@]2(O)CCN(c3ccnc4ccccc34)C2)CCC[C@H]1Oc1ccccc1. The van der Waals surface area contributed by atoms with Crippen LogP contribution in [0.2, 0.25) is 0 Å². The van der Waals surface area contributed by atoms with E-state index in [2.05, 4.69) is 21.3 Å². The molecule has 1 aliphatic heterocycles. The molecule has 0 amide bonds. The van der Waals surface area contributed by atoms with Crippen LogP contribution in [0.5, 0.6) is 5.75 Å². The van der Waals surface area contributed by atoms with E-state index in [1.54, 1.807) is 0 Å². The van der Waals surface area contributed by atoms with Crippen LogP contribution in [0.1, 0.15) is 25.7 Å². The number of fused-ring (bicyclic) bond motifs is 1. The zero-order valence-electron chi connectivity index (χ0n) is 18.2. The van der Waals surface area contributed by atoms with Crippen molar-refractivity contribution in [3.8, 4) is 5.75 Å². The van der Waals surface area contributed by atoms with Gasteiger partial charge in [0, 0.05) is 42.9 Å². The van der Waals surface area contributed by atoms with Crippen LogP contribution in [-0.4, -0.2) is 58.7 Å². The van der Waals surface area contributed by atoms with Crippen molar-refractivity contribution < 1.29 is 14.9 Å². The summed E-state index contributed by atoms with van der Waals surface area (Å²) in [5, 5.41) is 26.8. The Morgan fingerprint density at radius 2 is 1.88 bits per heavy atom. The van der Waals surface area contributed by atoms with Crippen LogP contribution in [0.3, 0.4) is 0 Å². The van der Waals surface area contributed by atoms with E-state index in [0.29, 0.717) is 19.5 Å². The minimum atomic E-state index is -0.836. The lowest BCUT2D eigenvalue weighted by Crippen LogP contribution is -2.55. The molecule has 2 fully saturated rings. The van der Waals surface area contributed by atoms with E-state index in [-0.39, 0.29) is 12.1 Å². The van der Waals surface area contributed by atoms with Crippen LogP contribution < -0.4 is 15.0 Å². The topological polar surface area (TPSA) is 77.9 Å². The summed E-state index contributed by atoms with van der Waals surface area (Å²) in [6.45, 7) is 1.80. The molecule has 3 N–H and O–H groups in total. The van der Waals surface area contributed by atoms with Gasteiger partial charge in [0.1, 0.15) is 18.0 Å². The molecule has 2 aliphatic rings. The highest BCUT2D eigenvalue weighted by atomic mass is 16.5. The van der Waals surface area contributed by atoms with Gasteiger partial charge < -0.3 is 25.2 Å². The number of pyridine rings is 1. The second-order valence-corrected chi connectivity index (χ2v) is 9.12. The molecule has 0 bridgehead atoms. The zero-order valence-corrected chi connectivity index (χ0v) is 18.2. The third kappa shape index (κ3) is 4.44. The van der Waals surface area contributed by atoms with Gasteiger partial charge in [0.15, 0.2) is 0 Å². The van der Waals surface area contributed by atoms with Gasteiger partial charge in [-0.2, -0.15) is 0 Å². The molecule has 0 radical (unpaired) electrons. The molecule has 1 aliphatic carbocycles. The molecule has 32 heavy (non-hydrogen) atoms. The Balaban J connectivity index is 1.21. The van der Waals surface area contributed by atoms with E-state index in [1.807, 2.05) is 60.8 Å². The molecular weight excluding hydrogens is 402 g/mol. The van der Waals surface area contributed by atoms with Gasteiger partial charge in [0.25, 0.3) is 0 Å². The van der Waals surface area contributed by atoms with Gasteiger partial charge in [-0.15, -0.1) is 0 Å². The molecule has 5 rings (SSSR count). The number of hydrogen-bond acceptors (Lipinski definition) is 6. The van der Waals surface area contributed by atoms with Gasteiger partial charge in [-0.25, -0.2) is 0 Å². The van der Waals surface area contributed by atoms with Crippen molar-refractivity contribution in [3.63, 3.8) is 0 Å². The number of ether oxygens (including phenoxy) is 1. The van der Waals surface area contributed by atoms with E-state index in [0.717, 1.165) is 48.1 Å². The largest absolute Gasteiger partial charge is 0.488 e. The Bertz CT molecular complexity index is 1040. The van der Waals surface area contributed by atoms with Crippen LogP contribution in [0.15, 0.2) is 66.9 Å². The van der Waals surface area contributed by atoms with Crippen molar-refractivity contribution in [1.29, 1.82) is 0 Å². The first-order chi connectivity index (χ1) is 15.6. The smallest absolute Gasteiger partial charge is 0.126 e. The lowest BCUT2D eigenvalue weighted by atomic mass is 9.89. The van der Waals surface area contributed by atoms with Crippen molar-refractivity contribution in [2.45, 2.75) is 49.5 Å². The van der Waals surface area contributed by atoms with Gasteiger partial charge >= 0.3 is 0 Å². The number of aliphatic hydroxyl groups excluding tert-OH is 1. The number of β-amino-alcohol motifs (C(OH)–C–C–N with tert-alkyl or cyclic N) is 1. The summed E-state index contributed by atoms with van der Waals surface area (Å²) in [6.07, 6.45) is 4.38. The van der Waals surface area contributed by atoms with Crippen LogP contribution in [0.25, 0.3) is 10.9 Å². The number of aliphatic hydroxyl groups is 2. The second kappa shape index (κ2) is 9.06. The summed E-state index contributed by atoms with van der Waals surface area (Å²) < 4.78 is 6.04. The number of para-hydroxylation sites is 2. The number of benzene rings is 2. The third-order valence-electron chi connectivity index (χ3n) is 6.82. The van der Waals surface area contributed by atoms with E-state index in [9.17, 15) is 10.2 Å². The van der Waals surface area contributed by atoms with Gasteiger partial charge in [0.2, 0.25) is 0 Å². The Morgan fingerprint density at radius 3 is 2.75 bits per heavy atom. The normalized spacial score (nSPS) is 28.2. The summed E-state index contributed by atoms with van der Waals surface area (Å²) in [4.78, 5) is 6.69. The fourth-order valence-electron chi connectivity index (χ4n) is 5.05. The maximum Gasteiger partial charge on any atom is 0.126 e. The monoisotopic (exact) mass is 433 g/mol. The van der Waals surface area contributed by atoms with Gasteiger partial charge in [-0.05, 0) is 49.9 Å². The van der Waals surface area contributed by atoms with Crippen LogP contribution >= 0.6 is 0 Å². The maximum absolute atomic E-state index is 11.3. The molecule has 2 heterocycles. The summed E-state index contributed by atoms with van der Waals surface area (Å²) in [5.74, 6) is 0.784. The number of rotatable bonds is 6. The van der Waals surface area contributed by atoms with Crippen molar-refractivity contribution in [3.05, 3.63) is 66.9 Å². The van der Waals surface area contributed by atoms with Crippen LogP contribution in [0.4, 0.5) is 5.69 Å². The van der Waals surface area contributed by atoms with E-state index in [4.69, 9.17) is 4.74 Å². The van der Waals surface area contributed by atoms with E-state index < -0.39 is 11.7 Å². The minimum absolute atomic E-state index is 0.0858. The Hall–Kier alpha value is -2.67. The Labute approximate surface area is 188 Å². The highest BCUT2D eigenvalue weighted by molar-refractivity contribution is 5.91. The predicted molar refractivity (Wildman–Crippen MR) is 126 cm³/mol. The first kappa shape index (κ1) is 21.2. The molecule has 6 heteroatoms. The number of anilines is 1. The highest BCUT2D eigenvalue weighted by Gasteiger charge is 2.39. The predicted octanol–water partition coefficient (Wildman–Crippen LogP) is 3.13. The average molecular weight is 434 g/mol. The quantitative estimate of drug-likeness (QED) is 0.555. The lowest BCUT2D eigenvalue weighted by Gasteiger charge is -2.37. The maximum atomic E-state index is 11.3. The fourth-order valence-corrected chi connectivity index (χ4v) is 5.05. The Kier molecular flexibility index (Phi) is 6.00. The van der Waals surface area contributed by atoms with Crippen molar-refractivity contribution in [2.75, 3.05) is 24.5 Å². The molecular formula is C26H31N3O3. The fraction of sp³-hybridized carbons (Fsp3) is 0.423. The van der Waals surface area contributed by atoms with Crippen molar-refractivity contribution in [2.24, 2.45) is 0 Å². The van der Waals surface area contributed by atoms with Crippen LogP contribution in [-0.2, 0) is 0 Å². The van der Waals surface area contributed by atoms with E-state index >= 15 is 0 Å².